The number of carbonyl (C=O) groups excluding carboxylic acids is 2. The van der Waals surface area contributed by atoms with E-state index in [1.807, 2.05) is 32.9 Å². The molecule has 0 heterocycles. The van der Waals surface area contributed by atoms with Crippen LogP contribution in [-0.2, 0) is 32.3 Å². The van der Waals surface area contributed by atoms with Gasteiger partial charge in [0.05, 0.1) is 17.5 Å². The van der Waals surface area contributed by atoms with Gasteiger partial charge in [-0.1, -0.05) is 42.8 Å². The summed E-state index contributed by atoms with van der Waals surface area (Å²) in [6, 6.07) is 9.91. The minimum absolute atomic E-state index is 0.00833. The maximum absolute atomic E-state index is 13.4. The van der Waals surface area contributed by atoms with E-state index in [2.05, 4.69) is 5.32 Å². The van der Waals surface area contributed by atoms with E-state index in [1.54, 1.807) is 12.1 Å². The number of alkyl halides is 3. The van der Waals surface area contributed by atoms with Crippen LogP contribution in [-0.4, -0.2) is 50.0 Å². The van der Waals surface area contributed by atoms with Gasteiger partial charge in [0.1, 0.15) is 12.6 Å². The van der Waals surface area contributed by atoms with Gasteiger partial charge in [-0.3, -0.25) is 13.9 Å². The molecule has 7 nitrogen and oxygen atoms in total. The number of hydrogen-bond acceptors (Lipinski definition) is 4. The standard InChI is InChI=1S/C25H32F3N3O4S/c1-6-18(3)29-24(33)19(4)30(15-20-12-10-17(2)11-13-20)23(32)16-31(36(5,34)35)22-9-7-8-21(14-22)25(26,27)28/h7-14,18-19H,6,15-16H2,1-5H3,(H,29,33). The molecule has 0 spiro atoms. The minimum atomic E-state index is -4.69. The van der Waals surface area contributed by atoms with Gasteiger partial charge in [-0.05, 0) is 51.0 Å². The van der Waals surface area contributed by atoms with Crippen LogP contribution in [0.4, 0.5) is 18.9 Å². The molecule has 0 saturated heterocycles. The third-order valence-corrected chi connectivity index (χ3v) is 6.92. The van der Waals surface area contributed by atoms with Gasteiger partial charge in [0.25, 0.3) is 0 Å². The predicted molar refractivity (Wildman–Crippen MR) is 133 cm³/mol. The first-order chi connectivity index (χ1) is 16.6. The lowest BCUT2D eigenvalue weighted by molar-refractivity contribution is -0.139. The fraction of sp³-hybridized carbons (Fsp3) is 0.440. The Hall–Kier alpha value is -3.08. The maximum Gasteiger partial charge on any atom is 0.416 e. The molecule has 0 aliphatic rings. The Balaban J connectivity index is 2.43. The van der Waals surface area contributed by atoms with Crippen LogP contribution >= 0.6 is 0 Å². The maximum atomic E-state index is 13.4. The number of nitrogens with zero attached hydrogens (tertiary/aromatic N) is 2. The van der Waals surface area contributed by atoms with Crippen molar-refractivity contribution in [2.24, 2.45) is 0 Å². The molecule has 0 aliphatic carbocycles. The number of rotatable bonds is 10. The first kappa shape index (κ1) is 29.2. The van der Waals surface area contributed by atoms with E-state index in [9.17, 15) is 31.2 Å². The van der Waals surface area contributed by atoms with E-state index < -0.39 is 46.2 Å². The van der Waals surface area contributed by atoms with Crippen LogP contribution < -0.4 is 9.62 Å². The highest BCUT2D eigenvalue weighted by Crippen LogP contribution is 2.32. The molecule has 0 aromatic heterocycles. The molecular formula is C25H32F3N3O4S. The largest absolute Gasteiger partial charge is 0.416 e. The molecule has 2 aromatic carbocycles. The highest BCUT2D eigenvalue weighted by molar-refractivity contribution is 7.92. The Morgan fingerprint density at radius 3 is 2.19 bits per heavy atom. The topological polar surface area (TPSA) is 86.8 Å². The lowest BCUT2D eigenvalue weighted by Gasteiger charge is -2.32. The lowest BCUT2D eigenvalue weighted by atomic mass is 10.1. The summed E-state index contributed by atoms with van der Waals surface area (Å²) in [7, 11) is -4.14. The van der Waals surface area contributed by atoms with Crippen molar-refractivity contribution in [3.63, 3.8) is 0 Å². The van der Waals surface area contributed by atoms with Crippen molar-refractivity contribution in [1.29, 1.82) is 0 Å². The van der Waals surface area contributed by atoms with Crippen LogP contribution in [0.1, 0.15) is 43.9 Å². The number of amides is 2. The van der Waals surface area contributed by atoms with E-state index in [-0.39, 0.29) is 18.3 Å². The van der Waals surface area contributed by atoms with Crippen LogP contribution in [0.5, 0.6) is 0 Å². The number of hydrogen-bond donors (Lipinski definition) is 1. The Morgan fingerprint density at radius 1 is 1.06 bits per heavy atom. The number of sulfonamides is 1. The summed E-state index contributed by atoms with van der Waals surface area (Å²) in [6.45, 7) is 6.37. The molecule has 2 atom stereocenters. The van der Waals surface area contributed by atoms with E-state index in [1.165, 1.54) is 17.9 Å². The van der Waals surface area contributed by atoms with Gasteiger partial charge in [0.15, 0.2) is 0 Å². The average molecular weight is 528 g/mol. The Morgan fingerprint density at radius 2 is 1.67 bits per heavy atom. The van der Waals surface area contributed by atoms with Crippen molar-refractivity contribution in [2.75, 3.05) is 17.1 Å². The molecule has 0 bridgehead atoms. The lowest BCUT2D eigenvalue weighted by Crippen LogP contribution is -2.52. The van der Waals surface area contributed by atoms with Crippen molar-refractivity contribution >= 4 is 27.5 Å². The molecule has 0 radical (unpaired) electrons. The normalized spacial score (nSPS) is 13.6. The number of nitrogens with one attached hydrogen (secondary N) is 1. The quantitative estimate of drug-likeness (QED) is 0.504. The molecule has 2 aromatic rings. The molecule has 1 N–H and O–H groups in total. The third kappa shape index (κ3) is 7.97. The molecule has 2 unspecified atom stereocenters. The van der Waals surface area contributed by atoms with Crippen LogP contribution in [0.3, 0.4) is 0 Å². The van der Waals surface area contributed by atoms with Crippen molar-refractivity contribution in [3.05, 3.63) is 65.2 Å². The smallest absolute Gasteiger partial charge is 0.352 e. The fourth-order valence-electron chi connectivity index (χ4n) is 3.39. The van der Waals surface area contributed by atoms with Gasteiger partial charge >= 0.3 is 6.18 Å². The summed E-state index contributed by atoms with van der Waals surface area (Å²) in [6.07, 6.45) is -3.21. The van der Waals surface area contributed by atoms with Crippen LogP contribution in [0.25, 0.3) is 0 Å². The molecule has 198 valence electrons. The first-order valence-electron chi connectivity index (χ1n) is 11.4. The van der Waals surface area contributed by atoms with Crippen LogP contribution in [0, 0.1) is 6.92 Å². The molecule has 36 heavy (non-hydrogen) atoms. The summed E-state index contributed by atoms with van der Waals surface area (Å²) in [5.41, 5.74) is 0.362. The highest BCUT2D eigenvalue weighted by Gasteiger charge is 2.33. The second kappa shape index (κ2) is 11.8. The highest BCUT2D eigenvalue weighted by atomic mass is 32.2. The fourth-order valence-corrected chi connectivity index (χ4v) is 4.23. The van der Waals surface area contributed by atoms with Gasteiger partial charge < -0.3 is 10.2 Å². The molecule has 0 saturated carbocycles. The monoisotopic (exact) mass is 527 g/mol. The second-order valence-electron chi connectivity index (χ2n) is 8.82. The molecule has 0 fully saturated rings. The zero-order valence-electron chi connectivity index (χ0n) is 21.0. The van der Waals surface area contributed by atoms with Gasteiger partial charge in [-0.15, -0.1) is 0 Å². The zero-order valence-corrected chi connectivity index (χ0v) is 21.8. The van der Waals surface area contributed by atoms with E-state index in [0.717, 1.165) is 24.0 Å². The molecule has 11 heteroatoms. The van der Waals surface area contributed by atoms with Crippen LogP contribution in [0.15, 0.2) is 48.5 Å². The van der Waals surface area contributed by atoms with E-state index in [4.69, 9.17) is 0 Å². The van der Waals surface area contributed by atoms with Gasteiger partial charge in [0, 0.05) is 12.6 Å². The SMILES string of the molecule is CCC(C)NC(=O)C(C)N(Cc1ccc(C)cc1)C(=O)CN(c1cccc(C(F)(F)F)c1)S(C)(=O)=O. The van der Waals surface area contributed by atoms with Crippen molar-refractivity contribution < 1.29 is 31.2 Å². The zero-order chi connectivity index (χ0) is 27.3. The predicted octanol–water partition coefficient (Wildman–Crippen LogP) is 4.11. The van der Waals surface area contributed by atoms with Gasteiger partial charge in [0.2, 0.25) is 21.8 Å². The van der Waals surface area contributed by atoms with Gasteiger partial charge in [-0.25, -0.2) is 8.42 Å². The third-order valence-electron chi connectivity index (χ3n) is 5.78. The Labute approximate surface area is 210 Å². The van der Waals surface area contributed by atoms with E-state index in [0.29, 0.717) is 22.4 Å². The second-order valence-corrected chi connectivity index (χ2v) is 10.7. The summed E-state index contributed by atoms with van der Waals surface area (Å²) in [5, 5.41) is 2.81. The Bertz CT molecular complexity index is 1170. The van der Waals surface area contributed by atoms with Crippen LogP contribution in [0.2, 0.25) is 0 Å². The Kier molecular flexibility index (Phi) is 9.53. The van der Waals surface area contributed by atoms with Crippen molar-refractivity contribution in [3.8, 4) is 0 Å². The number of aryl methyl sites for hydroxylation is 1. The number of carbonyl (C=O) groups is 2. The summed E-state index contributed by atoms with van der Waals surface area (Å²) in [5.74, 6) is -1.15. The molecule has 0 aliphatic heterocycles. The number of benzene rings is 2. The van der Waals surface area contributed by atoms with Crippen molar-refractivity contribution in [2.45, 2.75) is 58.9 Å². The molecular weight excluding hydrogens is 495 g/mol. The van der Waals surface area contributed by atoms with Gasteiger partial charge in [-0.2, -0.15) is 13.2 Å². The molecule has 2 rings (SSSR count). The average Bonchev–Trinajstić information content (AvgIpc) is 2.80. The molecule has 2 amide bonds. The first-order valence-corrected chi connectivity index (χ1v) is 13.3. The summed E-state index contributed by atoms with van der Waals surface area (Å²) < 4.78 is 65.4. The van der Waals surface area contributed by atoms with E-state index >= 15 is 0 Å². The number of halogens is 3. The minimum Gasteiger partial charge on any atom is -0.352 e. The summed E-state index contributed by atoms with van der Waals surface area (Å²) in [4.78, 5) is 27.5. The summed E-state index contributed by atoms with van der Waals surface area (Å²) >= 11 is 0. The number of anilines is 1. The van der Waals surface area contributed by atoms with Crippen molar-refractivity contribution in [1.82, 2.24) is 10.2 Å².